The molecule has 4 nitrogen and oxygen atoms in total. The molecule has 0 aromatic heterocycles. The van der Waals surface area contributed by atoms with Crippen LogP contribution in [-0.4, -0.2) is 17.6 Å². The summed E-state index contributed by atoms with van der Waals surface area (Å²) in [6.07, 6.45) is 3.52. The molecule has 2 aliphatic rings. The fourth-order valence-corrected chi connectivity index (χ4v) is 2.83. The van der Waals surface area contributed by atoms with Gasteiger partial charge in [-0.2, -0.15) is 0 Å². The van der Waals surface area contributed by atoms with Crippen LogP contribution in [0.15, 0.2) is 11.1 Å². The Morgan fingerprint density at radius 1 is 1.80 bits per heavy atom. The Morgan fingerprint density at radius 2 is 2.53 bits per heavy atom. The van der Waals surface area contributed by atoms with Gasteiger partial charge in [0.2, 0.25) is 0 Å². The summed E-state index contributed by atoms with van der Waals surface area (Å²) in [5, 5.41) is 4.86. The first-order valence-electron chi connectivity index (χ1n) is 5.28. The van der Waals surface area contributed by atoms with Gasteiger partial charge >= 0.3 is 5.97 Å². The van der Waals surface area contributed by atoms with Gasteiger partial charge in [-0.15, -0.1) is 0 Å². The third kappa shape index (κ3) is 1.99. The first-order valence-corrected chi connectivity index (χ1v) is 6.16. The van der Waals surface area contributed by atoms with Crippen LogP contribution in [-0.2, 0) is 9.53 Å². The summed E-state index contributed by atoms with van der Waals surface area (Å²) in [7, 11) is 0. The highest BCUT2D eigenvalue weighted by atomic mass is 32.2. The van der Waals surface area contributed by atoms with Crippen molar-refractivity contribution in [2.75, 3.05) is 6.61 Å². The Kier molecular flexibility index (Phi) is 2.93. The molecule has 0 bridgehead atoms. The van der Waals surface area contributed by atoms with Gasteiger partial charge < -0.3 is 10.1 Å². The van der Waals surface area contributed by atoms with Crippen LogP contribution in [0.2, 0.25) is 0 Å². The zero-order chi connectivity index (χ0) is 10.9. The lowest BCUT2D eigenvalue weighted by Crippen LogP contribution is -2.55. The van der Waals surface area contributed by atoms with Crippen LogP contribution >= 0.6 is 11.8 Å². The molecule has 1 aliphatic heterocycles. The fraction of sp³-hybridized carbons (Fsp3) is 0.700. The van der Waals surface area contributed by atoms with Gasteiger partial charge in [-0.05, 0) is 19.8 Å². The highest BCUT2D eigenvalue weighted by Crippen LogP contribution is 2.43. The number of carbonyl (C=O) groups is 1. The van der Waals surface area contributed by atoms with Gasteiger partial charge in [0.1, 0.15) is 10.7 Å². The highest BCUT2D eigenvalue weighted by Gasteiger charge is 2.43. The van der Waals surface area contributed by atoms with E-state index in [4.69, 9.17) is 10.5 Å². The van der Waals surface area contributed by atoms with Crippen LogP contribution in [0.5, 0.6) is 0 Å². The molecule has 1 unspecified atom stereocenters. The van der Waals surface area contributed by atoms with Gasteiger partial charge in [-0.3, -0.25) is 5.73 Å². The maximum absolute atomic E-state index is 11.4. The maximum atomic E-state index is 11.4. The van der Waals surface area contributed by atoms with E-state index in [0.29, 0.717) is 18.2 Å². The largest absolute Gasteiger partial charge is 0.461 e. The molecule has 1 aliphatic carbocycles. The number of nitrogens with two attached hydrogens (primary N) is 1. The van der Waals surface area contributed by atoms with Crippen LogP contribution in [0.3, 0.4) is 0 Å². The van der Waals surface area contributed by atoms with E-state index < -0.39 is 4.99 Å². The first-order chi connectivity index (χ1) is 7.15. The molecule has 5 heteroatoms. The summed E-state index contributed by atoms with van der Waals surface area (Å²) in [6, 6.07) is 0. The predicted molar refractivity (Wildman–Crippen MR) is 59.7 cm³/mol. The van der Waals surface area contributed by atoms with E-state index in [2.05, 4.69) is 5.32 Å². The molecule has 1 atom stereocenters. The normalized spacial score (nSPS) is 30.4. The Morgan fingerprint density at radius 3 is 3.07 bits per heavy atom. The summed E-state index contributed by atoms with van der Waals surface area (Å²) in [6.45, 7) is 2.19. The molecule has 1 heterocycles. The molecular formula is C10H16N2O2S. The lowest BCUT2D eigenvalue weighted by molar-refractivity contribution is -0.139. The molecule has 3 N–H and O–H groups in total. The molecule has 0 saturated heterocycles. The van der Waals surface area contributed by atoms with Gasteiger partial charge in [0.15, 0.2) is 0 Å². The van der Waals surface area contributed by atoms with Crippen molar-refractivity contribution in [1.82, 2.24) is 5.32 Å². The molecule has 0 aromatic carbocycles. The molecule has 0 radical (unpaired) electrons. The summed E-state index contributed by atoms with van der Waals surface area (Å²) in [5.41, 5.74) is 6.68. The monoisotopic (exact) mass is 228 g/mol. The second-order valence-corrected chi connectivity index (χ2v) is 5.06. The molecule has 1 saturated carbocycles. The molecule has 84 valence electrons. The Balaban J connectivity index is 1.94. The standard InChI is InChI=1S/C10H16N2O2S/c1-2-14-9(13)8-6-15-10(11,12-8)7-4-3-5-7/h6-7,12H,2-5,11H2,1H3. The topological polar surface area (TPSA) is 64.3 Å². The van der Waals surface area contributed by atoms with E-state index in [0.717, 1.165) is 12.8 Å². The summed E-state index contributed by atoms with van der Waals surface area (Å²) in [4.78, 5) is 11.0. The first kappa shape index (κ1) is 10.8. The van der Waals surface area contributed by atoms with Crippen molar-refractivity contribution in [3.63, 3.8) is 0 Å². The number of hydrogen-bond donors (Lipinski definition) is 2. The van der Waals surface area contributed by atoms with Crippen LogP contribution in [0, 0.1) is 5.92 Å². The van der Waals surface area contributed by atoms with Crippen molar-refractivity contribution in [3.05, 3.63) is 11.1 Å². The van der Waals surface area contributed by atoms with Gasteiger partial charge in [0.05, 0.1) is 6.61 Å². The molecular weight excluding hydrogens is 212 g/mol. The van der Waals surface area contributed by atoms with Crippen molar-refractivity contribution in [3.8, 4) is 0 Å². The molecule has 1 fully saturated rings. The third-order valence-corrected chi connectivity index (χ3v) is 4.09. The van der Waals surface area contributed by atoms with Crippen LogP contribution in [0.4, 0.5) is 0 Å². The quantitative estimate of drug-likeness (QED) is 0.709. The Bertz CT molecular complexity index is 302. The Labute approximate surface area is 93.6 Å². The van der Waals surface area contributed by atoms with Crippen LogP contribution in [0.1, 0.15) is 26.2 Å². The molecule has 2 rings (SSSR count). The minimum atomic E-state index is -0.486. The van der Waals surface area contributed by atoms with Crippen molar-refractivity contribution < 1.29 is 9.53 Å². The van der Waals surface area contributed by atoms with Crippen molar-refractivity contribution >= 4 is 17.7 Å². The van der Waals surface area contributed by atoms with Crippen molar-refractivity contribution in [2.24, 2.45) is 11.7 Å². The van der Waals surface area contributed by atoms with Gasteiger partial charge in [0.25, 0.3) is 0 Å². The van der Waals surface area contributed by atoms with Gasteiger partial charge in [-0.25, -0.2) is 4.79 Å². The minimum Gasteiger partial charge on any atom is -0.461 e. The number of hydrogen-bond acceptors (Lipinski definition) is 5. The lowest BCUT2D eigenvalue weighted by atomic mass is 9.82. The average molecular weight is 228 g/mol. The van der Waals surface area contributed by atoms with E-state index in [1.165, 1.54) is 18.2 Å². The number of thioether (sulfide) groups is 1. The zero-order valence-electron chi connectivity index (χ0n) is 8.79. The van der Waals surface area contributed by atoms with Crippen LogP contribution in [0.25, 0.3) is 0 Å². The molecule has 0 spiro atoms. The van der Waals surface area contributed by atoms with E-state index in [1.54, 1.807) is 12.3 Å². The zero-order valence-corrected chi connectivity index (χ0v) is 9.60. The number of rotatable bonds is 3. The molecule has 15 heavy (non-hydrogen) atoms. The predicted octanol–water partition coefficient (Wildman–Crippen LogP) is 1.14. The van der Waals surface area contributed by atoms with E-state index in [1.807, 2.05) is 0 Å². The van der Waals surface area contributed by atoms with Crippen molar-refractivity contribution in [2.45, 2.75) is 31.2 Å². The maximum Gasteiger partial charge on any atom is 0.355 e. The smallest absolute Gasteiger partial charge is 0.355 e. The van der Waals surface area contributed by atoms with Crippen molar-refractivity contribution in [1.29, 1.82) is 0 Å². The minimum absolute atomic E-state index is 0.309. The lowest BCUT2D eigenvalue weighted by Gasteiger charge is -2.39. The number of nitrogens with one attached hydrogen (secondary N) is 1. The van der Waals surface area contributed by atoms with E-state index in [-0.39, 0.29) is 5.97 Å². The van der Waals surface area contributed by atoms with Gasteiger partial charge in [-0.1, -0.05) is 18.2 Å². The molecule has 0 aromatic rings. The van der Waals surface area contributed by atoms with Gasteiger partial charge in [0, 0.05) is 11.3 Å². The highest BCUT2D eigenvalue weighted by molar-refractivity contribution is 8.03. The summed E-state index contributed by atoms with van der Waals surface area (Å²) >= 11 is 1.49. The third-order valence-electron chi connectivity index (χ3n) is 2.91. The Hall–Kier alpha value is -0.680. The van der Waals surface area contributed by atoms with Crippen LogP contribution < -0.4 is 11.1 Å². The second kappa shape index (κ2) is 4.06. The number of carbonyl (C=O) groups excluding carboxylic acids is 1. The second-order valence-electron chi connectivity index (χ2n) is 3.92. The van der Waals surface area contributed by atoms with E-state index in [9.17, 15) is 4.79 Å². The average Bonchev–Trinajstić information content (AvgIpc) is 2.45. The summed E-state index contributed by atoms with van der Waals surface area (Å²) in [5.74, 6) is 0.155. The fourth-order valence-electron chi connectivity index (χ4n) is 1.77. The summed E-state index contributed by atoms with van der Waals surface area (Å²) < 4.78 is 4.91. The number of esters is 1. The molecule has 0 amide bonds. The van der Waals surface area contributed by atoms with E-state index >= 15 is 0 Å². The number of ether oxygens (including phenoxy) is 1. The SMILES string of the molecule is CCOC(=O)C1=CSC(N)(C2CCC2)N1.